The predicted octanol–water partition coefficient (Wildman–Crippen LogP) is 2.94. The molecule has 6 heteroatoms. The van der Waals surface area contributed by atoms with E-state index < -0.39 is 0 Å². The van der Waals surface area contributed by atoms with Gasteiger partial charge in [0, 0.05) is 46.5 Å². The Morgan fingerprint density at radius 2 is 2.06 bits per heavy atom. The Hall–Kier alpha value is -0.720. The van der Waals surface area contributed by atoms with Crippen LogP contribution in [0.5, 0.6) is 0 Å². The number of halogens is 2. The van der Waals surface area contributed by atoms with Crippen molar-refractivity contribution in [2.24, 2.45) is 7.05 Å². The molecule has 0 aliphatic rings. The van der Waals surface area contributed by atoms with Crippen molar-refractivity contribution in [1.82, 2.24) is 20.1 Å². The molecular weight excluding hydrogens is 360 g/mol. The molecule has 0 fully saturated rings. The lowest BCUT2D eigenvalue weighted by molar-refractivity contribution is 0.670. The number of nitrogens with zero attached hydrogens (tertiary/aromatic N) is 3. The van der Waals surface area contributed by atoms with Crippen molar-refractivity contribution < 1.29 is 0 Å². The summed E-state index contributed by atoms with van der Waals surface area (Å²) in [6.45, 7) is 3.59. The van der Waals surface area contributed by atoms with Crippen LogP contribution in [0.3, 0.4) is 0 Å². The highest BCUT2D eigenvalue weighted by molar-refractivity contribution is 9.11. The Balaban J connectivity index is 1.94. The Morgan fingerprint density at radius 1 is 1.28 bits per heavy atom. The molecule has 2 heterocycles. The van der Waals surface area contributed by atoms with Crippen molar-refractivity contribution in [2.75, 3.05) is 0 Å². The smallest absolute Gasteiger partial charge is 0.0684 e. The third kappa shape index (κ3) is 3.18. The zero-order valence-electron chi connectivity index (χ0n) is 10.2. The minimum Gasteiger partial charge on any atom is -0.307 e. The molecule has 2 aromatic rings. The van der Waals surface area contributed by atoms with Gasteiger partial charge in [-0.25, -0.2) is 0 Å². The fourth-order valence-electron chi connectivity index (χ4n) is 1.61. The first-order chi connectivity index (χ1) is 8.58. The zero-order chi connectivity index (χ0) is 13.1. The summed E-state index contributed by atoms with van der Waals surface area (Å²) in [5.74, 6) is 0. The van der Waals surface area contributed by atoms with Crippen molar-refractivity contribution in [3.05, 3.63) is 44.4 Å². The quantitative estimate of drug-likeness (QED) is 0.895. The number of aromatic nitrogens is 3. The summed E-state index contributed by atoms with van der Waals surface area (Å²) in [5, 5.41) is 7.59. The largest absolute Gasteiger partial charge is 0.307 e. The molecule has 0 aliphatic heterocycles. The highest BCUT2D eigenvalue weighted by Crippen LogP contribution is 2.19. The van der Waals surface area contributed by atoms with Gasteiger partial charge in [-0.2, -0.15) is 5.10 Å². The highest BCUT2D eigenvalue weighted by atomic mass is 79.9. The molecule has 0 unspecified atom stereocenters. The van der Waals surface area contributed by atoms with Gasteiger partial charge < -0.3 is 5.32 Å². The van der Waals surface area contributed by atoms with Crippen LogP contribution in [0, 0.1) is 6.92 Å². The maximum atomic E-state index is 4.36. The molecule has 0 saturated carbocycles. The van der Waals surface area contributed by atoms with Crippen LogP contribution in [0.25, 0.3) is 0 Å². The standard InChI is InChI=1S/C12H14Br2N4/c1-8-9(5-17-18(8)2)4-15-7-12-11(14)3-10(13)6-16-12/h3,5-6,15H,4,7H2,1-2H3. The van der Waals surface area contributed by atoms with E-state index in [-0.39, 0.29) is 0 Å². The molecule has 0 aliphatic carbocycles. The average molecular weight is 374 g/mol. The first-order valence-corrected chi connectivity index (χ1v) is 7.14. The summed E-state index contributed by atoms with van der Waals surface area (Å²) in [7, 11) is 1.95. The van der Waals surface area contributed by atoms with Gasteiger partial charge in [0.2, 0.25) is 0 Å². The summed E-state index contributed by atoms with van der Waals surface area (Å²) in [6.07, 6.45) is 3.70. The van der Waals surface area contributed by atoms with Gasteiger partial charge in [-0.3, -0.25) is 9.67 Å². The van der Waals surface area contributed by atoms with Crippen LogP contribution in [-0.4, -0.2) is 14.8 Å². The monoisotopic (exact) mass is 372 g/mol. The Morgan fingerprint density at radius 3 is 2.67 bits per heavy atom. The first-order valence-electron chi connectivity index (χ1n) is 5.56. The Labute approximate surface area is 123 Å². The molecule has 18 heavy (non-hydrogen) atoms. The van der Waals surface area contributed by atoms with E-state index in [1.54, 1.807) is 6.20 Å². The van der Waals surface area contributed by atoms with Gasteiger partial charge in [0.15, 0.2) is 0 Å². The van der Waals surface area contributed by atoms with Crippen molar-refractivity contribution in [3.63, 3.8) is 0 Å². The second kappa shape index (κ2) is 5.95. The highest BCUT2D eigenvalue weighted by Gasteiger charge is 2.05. The fraction of sp³-hybridized carbons (Fsp3) is 0.333. The lowest BCUT2D eigenvalue weighted by atomic mass is 10.2. The van der Waals surface area contributed by atoms with E-state index in [2.05, 4.69) is 54.2 Å². The van der Waals surface area contributed by atoms with Crippen molar-refractivity contribution in [2.45, 2.75) is 20.0 Å². The molecule has 4 nitrogen and oxygen atoms in total. The minimum absolute atomic E-state index is 0.724. The molecule has 96 valence electrons. The third-order valence-electron chi connectivity index (χ3n) is 2.83. The molecule has 2 aromatic heterocycles. The summed E-state index contributed by atoms with van der Waals surface area (Å²) in [4.78, 5) is 4.36. The number of hydrogen-bond acceptors (Lipinski definition) is 3. The van der Waals surface area contributed by atoms with Gasteiger partial charge in [0.1, 0.15) is 0 Å². The van der Waals surface area contributed by atoms with Crippen LogP contribution < -0.4 is 5.32 Å². The van der Waals surface area contributed by atoms with E-state index in [1.807, 2.05) is 24.0 Å². The van der Waals surface area contributed by atoms with Gasteiger partial charge in [0.05, 0.1) is 11.9 Å². The average Bonchev–Trinajstić information content (AvgIpc) is 2.64. The number of pyridine rings is 1. The molecule has 2 rings (SSSR count). The molecule has 0 radical (unpaired) electrons. The summed E-state index contributed by atoms with van der Waals surface area (Å²) in [6, 6.07) is 2.00. The van der Waals surface area contributed by atoms with Crippen LogP contribution in [0.1, 0.15) is 17.0 Å². The molecule has 0 aromatic carbocycles. The molecule has 0 spiro atoms. The van der Waals surface area contributed by atoms with Crippen LogP contribution in [0.15, 0.2) is 27.4 Å². The second-order valence-corrected chi connectivity index (χ2v) is 5.83. The summed E-state index contributed by atoms with van der Waals surface area (Å²) in [5.41, 5.74) is 3.40. The minimum atomic E-state index is 0.724. The van der Waals surface area contributed by atoms with Crippen molar-refractivity contribution >= 4 is 31.9 Å². The number of aryl methyl sites for hydroxylation is 1. The van der Waals surface area contributed by atoms with Crippen LogP contribution in [0.4, 0.5) is 0 Å². The van der Waals surface area contributed by atoms with Gasteiger partial charge >= 0.3 is 0 Å². The van der Waals surface area contributed by atoms with Gasteiger partial charge in [0.25, 0.3) is 0 Å². The lowest BCUT2D eigenvalue weighted by Gasteiger charge is -2.06. The predicted molar refractivity (Wildman–Crippen MR) is 78.1 cm³/mol. The maximum Gasteiger partial charge on any atom is 0.0684 e. The van der Waals surface area contributed by atoms with Crippen LogP contribution >= 0.6 is 31.9 Å². The van der Waals surface area contributed by atoms with E-state index in [0.717, 1.165) is 27.7 Å². The van der Waals surface area contributed by atoms with Crippen LogP contribution in [0.2, 0.25) is 0 Å². The maximum absolute atomic E-state index is 4.36. The zero-order valence-corrected chi connectivity index (χ0v) is 13.4. The molecule has 0 saturated heterocycles. The van der Waals surface area contributed by atoms with Gasteiger partial charge in [-0.1, -0.05) is 0 Å². The number of rotatable bonds is 4. The second-order valence-electron chi connectivity index (χ2n) is 4.06. The third-order valence-corrected chi connectivity index (χ3v) is 3.95. The molecular formula is C12H14Br2N4. The summed E-state index contributed by atoms with van der Waals surface area (Å²) < 4.78 is 3.86. The van der Waals surface area contributed by atoms with E-state index in [4.69, 9.17) is 0 Å². The van der Waals surface area contributed by atoms with Crippen LogP contribution in [-0.2, 0) is 20.1 Å². The van der Waals surface area contributed by atoms with Gasteiger partial charge in [-0.05, 0) is 44.8 Å². The molecule has 1 N–H and O–H groups in total. The Kier molecular flexibility index (Phi) is 4.53. The van der Waals surface area contributed by atoms with Crippen molar-refractivity contribution in [3.8, 4) is 0 Å². The number of nitrogens with one attached hydrogen (secondary N) is 1. The lowest BCUT2D eigenvalue weighted by Crippen LogP contribution is -2.14. The fourth-order valence-corrected chi connectivity index (χ4v) is 2.73. The molecule has 0 bridgehead atoms. The van der Waals surface area contributed by atoms with Crippen molar-refractivity contribution in [1.29, 1.82) is 0 Å². The van der Waals surface area contributed by atoms with E-state index in [0.29, 0.717) is 0 Å². The van der Waals surface area contributed by atoms with E-state index in [1.165, 1.54) is 11.3 Å². The Bertz CT molecular complexity index is 551. The normalized spacial score (nSPS) is 10.9. The number of hydrogen-bond donors (Lipinski definition) is 1. The molecule has 0 atom stereocenters. The van der Waals surface area contributed by atoms with E-state index in [9.17, 15) is 0 Å². The topological polar surface area (TPSA) is 42.7 Å². The van der Waals surface area contributed by atoms with Gasteiger partial charge in [-0.15, -0.1) is 0 Å². The van der Waals surface area contributed by atoms with E-state index >= 15 is 0 Å². The SMILES string of the molecule is Cc1c(CNCc2ncc(Br)cc2Br)cnn1C. The molecule has 0 amide bonds. The summed E-state index contributed by atoms with van der Waals surface area (Å²) >= 11 is 6.89. The first kappa shape index (κ1) is 13.7.